The molecule has 0 atom stereocenters. The van der Waals surface area contributed by atoms with Crippen molar-refractivity contribution in [1.29, 1.82) is 0 Å². The highest BCUT2D eigenvalue weighted by Crippen LogP contribution is 2.31. The minimum atomic E-state index is 0.289. The van der Waals surface area contributed by atoms with Crippen LogP contribution in [-0.2, 0) is 11.3 Å². The quantitative estimate of drug-likeness (QED) is 0.825. The Morgan fingerprint density at radius 3 is 2.20 bits per heavy atom. The molecule has 1 aliphatic carbocycles. The highest BCUT2D eigenvalue weighted by atomic mass is 16.2. The van der Waals surface area contributed by atoms with Crippen LogP contribution >= 0.6 is 0 Å². The van der Waals surface area contributed by atoms with Crippen molar-refractivity contribution in [1.82, 2.24) is 4.90 Å². The summed E-state index contributed by atoms with van der Waals surface area (Å²) < 4.78 is 0. The smallest absolute Gasteiger partial charge is 0.225 e. The molecule has 0 N–H and O–H groups in total. The Morgan fingerprint density at radius 1 is 1.00 bits per heavy atom. The van der Waals surface area contributed by atoms with E-state index >= 15 is 0 Å². The molecule has 1 amide bonds. The van der Waals surface area contributed by atoms with Gasteiger partial charge in [0.2, 0.25) is 5.91 Å². The molecule has 2 aromatic rings. The lowest BCUT2D eigenvalue weighted by atomic mass is 10.0. The zero-order valence-corrected chi connectivity index (χ0v) is 11.8. The zero-order chi connectivity index (χ0) is 13.9. The molecule has 0 spiro atoms. The molecule has 0 saturated heterocycles. The molecule has 102 valence electrons. The average molecular weight is 265 g/mol. The predicted octanol–water partition coefficient (Wildman–Crippen LogP) is 3.72. The van der Waals surface area contributed by atoms with Gasteiger partial charge in [0.25, 0.3) is 0 Å². The highest BCUT2D eigenvalue weighted by molar-refractivity contribution is 5.80. The summed E-state index contributed by atoms with van der Waals surface area (Å²) >= 11 is 0. The summed E-state index contributed by atoms with van der Waals surface area (Å²) in [5, 5.41) is 0. The summed E-state index contributed by atoms with van der Waals surface area (Å²) in [4.78, 5) is 13.8. The van der Waals surface area contributed by atoms with Gasteiger partial charge in [-0.05, 0) is 29.5 Å². The molecule has 2 aromatic carbocycles. The molecule has 0 aromatic heterocycles. The van der Waals surface area contributed by atoms with E-state index in [4.69, 9.17) is 0 Å². The fourth-order valence-electron chi connectivity index (χ4n) is 2.43. The van der Waals surface area contributed by atoms with Gasteiger partial charge < -0.3 is 4.90 Å². The third-order valence-electron chi connectivity index (χ3n) is 3.78. The summed E-state index contributed by atoms with van der Waals surface area (Å²) in [7, 11) is 1.89. The lowest BCUT2D eigenvalue weighted by molar-refractivity contribution is -0.131. The Labute approximate surface area is 120 Å². The summed E-state index contributed by atoms with van der Waals surface area (Å²) in [6.45, 7) is 0.699. The van der Waals surface area contributed by atoms with Gasteiger partial charge in [-0.25, -0.2) is 0 Å². The van der Waals surface area contributed by atoms with E-state index in [-0.39, 0.29) is 5.91 Å². The maximum atomic E-state index is 11.9. The molecule has 0 aliphatic heterocycles. The molecule has 2 heteroatoms. The second-order valence-corrected chi connectivity index (χ2v) is 5.53. The zero-order valence-electron chi connectivity index (χ0n) is 11.8. The van der Waals surface area contributed by atoms with Crippen LogP contribution in [0.15, 0.2) is 54.6 Å². The summed E-state index contributed by atoms with van der Waals surface area (Å²) in [6, 6.07) is 18.8. The van der Waals surface area contributed by atoms with Crippen molar-refractivity contribution in [2.75, 3.05) is 7.05 Å². The van der Waals surface area contributed by atoms with Gasteiger partial charge in [-0.2, -0.15) is 0 Å². The van der Waals surface area contributed by atoms with Crippen LogP contribution in [0.3, 0.4) is 0 Å². The fraction of sp³-hybridized carbons (Fsp3) is 0.278. The maximum Gasteiger partial charge on any atom is 0.225 e. The number of hydrogen-bond acceptors (Lipinski definition) is 1. The first-order valence-electron chi connectivity index (χ1n) is 7.13. The van der Waals surface area contributed by atoms with Crippen LogP contribution in [0.4, 0.5) is 0 Å². The first-order chi connectivity index (χ1) is 9.74. The van der Waals surface area contributed by atoms with Crippen LogP contribution in [0.1, 0.15) is 18.4 Å². The van der Waals surface area contributed by atoms with E-state index < -0.39 is 0 Å². The first-order valence-corrected chi connectivity index (χ1v) is 7.13. The molecule has 1 fully saturated rings. The monoisotopic (exact) mass is 265 g/mol. The number of carbonyl (C=O) groups excluding carboxylic acids is 1. The molecular formula is C18H19NO. The Kier molecular flexibility index (Phi) is 3.55. The summed E-state index contributed by atoms with van der Waals surface area (Å²) in [6.07, 6.45) is 2.13. The average Bonchev–Trinajstić information content (AvgIpc) is 3.33. The second kappa shape index (κ2) is 5.49. The number of rotatable bonds is 4. The third kappa shape index (κ3) is 2.90. The Balaban J connectivity index is 1.68. The SMILES string of the molecule is CN(Cc1ccc(-c2ccccc2)cc1)C(=O)C1CC1. The third-order valence-corrected chi connectivity index (χ3v) is 3.78. The van der Waals surface area contributed by atoms with Gasteiger partial charge in [0.1, 0.15) is 0 Å². The van der Waals surface area contributed by atoms with Crippen molar-refractivity contribution in [2.24, 2.45) is 5.92 Å². The molecule has 0 radical (unpaired) electrons. The molecule has 2 nitrogen and oxygen atoms in total. The number of nitrogens with zero attached hydrogens (tertiary/aromatic N) is 1. The van der Waals surface area contributed by atoms with E-state index in [1.54, 1.807) is 0 Å². The van der Waals surface area contributed by atoms with Gasteiger partial charge in [0, 0.05) is 19.5 Å². The van der Waals surface area contributed by atoms with Gasteiger partial charge in [0.15, 0.2) is 0 Å². The lowest BCUT2D eigenvalue weighted by Gasteiger charge is -2.17. The van der Waals surface area contributed by atoms with E-state index in [1.807, 2.05) is 30.1 Å². The number of amides is 1. The fourth-order valence-corrected chi connectivity index (χ4v) is 2.43. The largest absolute Gasteiger partial charge is 0.341 e. The van der Waals surface area contributed by atoms with E-state index in [0.29, 0.717) is 12.5 Å². The normalized spacial score (nSPS) is 14.1. The van der Waals surface area contributed by atoms with Crippen molar-refractivity contribution < 1.29 is 4.79 Å². The molecular weight excluding hydrogens is 246 g/mol. The van der Waals surface area contributed by atoms with E-state index in [2.05, 4.69) is 36.4 Å². The Bertz CT molecular complexity index is 585. The Morgan fingerprint density at radius 2 is 1.60 bits per heavy atom. The first kappa shape index (κ1) is 12.9. The van der Waals surface area contributed by atoms with E-state index in [0.717, 1.165) is 12.8 Å². The van der Waals surface area contributed by atoms with Crippen molar-refractivity contribution in [3.8, 4) is 11.1 Å². The molecule has 20 heavy (non-hydrogen) atoms. The highest BCUT2D eigenvalue weighted by Gasteiger charge is 2.31. The minimum Gasteiger partial charge on any atom is -0.341 e. The predicted molar refractivity (Wildman–Crippen MR) is 81.1 cm³/mol. The molecule has 3 rings (SSSR count). The minimum absolute atomic E-state index is 0.289. The molecule has 0 bridgehead atoms. The van der Waals surface area contributed by atoms with Crippen molar-refractivity contribution in [2.45, 2.75) is 19.4 Å². The van der Waals surface area contributed by atoms with Crippen LogP contribution in [0.5, 0.6) is 0 Å². The van der Waals surface area contributed by atoms with Crippen molar-refractivity contribution in [3.63, 3.8) is 0 Å². The molecule has 1 saturated carbocycles. The topological polar surface area (TPSA) is 20.3 Å². The van der Waals surface area contributed by atoms with Crippen LogP contribution in [-0.4, -0.2) is 17.9 Å². The van der Waals surface area contributed by atoms with E-state index in [1.165, 1.54) is 16.7 Å². The summed E-state index contributed by atoms with van der Waals surface area (Å²) in [5.41, 5.74) is 3.62. The molecule has 1 aliphatic rings. The van der Waals surface area contributed by atoms with Gasteiger partial charge in [-0.3, -0.25) is 4.79 Å². The second-order valence-electron chi connectivity index (χ2n) is 5.53. The van der Waals surface area contributed by atoms with Crippen LogP contribution in [0.2, 0.25) is 0 Å². The van der Waals surface area contributed by atoms with Gasteiger partial charge >= 0.3 is 0 Å². The molecule has 0 heterocycles. The summed E-state index contributed by atoms with van der Waals surface area (Å²) in [5.74, 6) is 0.584. The van der Waals surface area contributed by atoms with Crippen LogP contribution in [0.25, 0.3) is 11.1 Å². The van der Waals surface area contributed by atoms with Crippen LogP contribution < -0.4 is 0 Å². The Hall–Kier alpha value is -2.09. The van der Waals surface area contributed by atoms with Gasteiger partial charge in [0.05, 0.1) is 0 Å². The number of carbonyl (C=O) groups is 1. The van der Waals surface area contributed by atoms with Crippen LogP contribution in [0, 0.1) is 5.92 Å². The van der Waals surface area contributed by atoms with Gasteiger partial charge in [-0.15, -0.1) is 0 Å². The molecule has 0 unspecified atom stereocenters. The lowest BCUT2D eigenvalue weighted by Crippen LogP contribution is -2.27. The number of benzene rings is 2. The van der Waals surface area contributed by atoms with E-state index in [9.17, 15) is 4.79 Å². The maximum absolute atomic E-state index is 11.9. The number of hydrogen-bond donors (Lipinski definition) is 0. The van der Waals surface area contributed by atoms with Crippen molar-refractivity contribution >= 4 is 5.91 Å². The standard InChI is InChI=1S/C18H19NO/c1-19(18(20)17-11-12-17)13-14-7-9-16(10-8-14)15-5-3-2-4-6-15/h2-10,17H,11-13H2,1H3. The van der Waals surface area contributed by atoms with Crippen molar-refractivity contribution in [3.05, 3.63) is 60.2 Å². The van der Waals surface area contributed by atoms with Gasteiger partial charge in [-0.1, -0.05) is 54.6 Å².